The molecular weight excluding hydrogens is 332 g/mol. The first kappa shape index (κ1) is 15.2. The summed E-state index contributed by atoms with van der Waals surface area (Å²) in [6.45, 7) is 5.95. The lowest BCUT2D eigenvalue weighted by atomic mass is 10.2. The molecule has 108 valence electrons. The zero-order valence-corrected chi connectivity index (χ0v) is 13.1. The molecule has 0 aliphatic rings. The van der Waals surface area contributed by atoms with Crippen LogP contribution in [0.5, 0.6) is 0 Å². The Morgan fingerprint density at radius 1 is 1.38 bits per heavy atom. The van der Waals surface area contributed by atoms with Crippen molar-refractivity contribution in [2.45, 2.75) is 6.92 Å². The average molecular weight is 347 g/mol. The third kappa shape index (κ3) is 4.13. The zero-order chi connectivity index (χ0) is 15.2. The van der Waals surface area contributed by atoms with Gasteiger partial charge in [0.1, 0.15) is 11.5 Å². The molecule has 2 aromatic rings. The number of nitrogens with zero attached hydrogens (tertiary/aromatic N) is 2. The molecule has 2 rings (SSSR count). The molecule has 0 radical (unpaired) electrons. The Kier molecular flexibility index (Phi) is 5.05. The second kappa shape index (κ2) is 6.99. The molecule has 1 aromatic heterocycles. The van der Waals surface area contributed by atoms with Gasteiger partial charge in [0, 0.05) is 16.7 Å². The van der Waals surface area contributed by atoms with Gasteiger partial charge in [-0.15, -0.1) is 6.58 Å². The topological polar surface area (TPSA) is 66.9 Å². The fraction of sp³-hybridized carbons (Fsp3) is 0.133. The molecule has 0 fully saturated rings. The van der Waals surface area contributed by atoms with Crippen LogP contribution in [0, 0.1) is 6.92 Å². The first-order chi connectivity index (χ1) is 10.1. The van der Waals surface area contributed by atoms with Gasteiger partial charge in [0.25, 0.3) is 5.91 Å². The number of aryl methyl sites for hydroxylation is 1. The van der Waals surface area contributed by atoms with Crippen LogP contribution >= 0.6 is 15.9 Å². The van der Waals surface area contributed by atoms with Gasteiger partial charge < -0.3 is 10.6 Å². The molecular formula is C15H15BrN4O. The summed E-state index contributed by atoms with van der Waals surface area (Å²) in [7, 11) is 0. The maximum absolute atomic E-state index is 11.7. The van der Waals surface area contributed by atoms with E-state index < -0.39 is 0 Å². The number of rotatable bonds is 5. The summed E-state index contributed by atoms with van der Waals surface area (Å²) in [5.41, 5.74) is 2.30. The summed E-state index contributed by atoms with van der Waals surface area (Å²) in [6.07, 6.45) is 4.57. The van der Waals surface area contributed by atoms with Crippen molar-refractivity contribution in [1.82, 2.24) is 15.3 Å². The molecule has 1 aromatic carbocycles. The van der Waals surface area contributed by atoms with Crippen molar-refractivity contribution in [2.24, 2.45) is 0 Å². The highest BCUT2D eigenvalue weighted by Gasteiger charge is 2.07. The van der Waals surface area contributed by atoms with Gasteiger partial charge in [-0.05, 0) is 30.7 Å². The van der Waals surface area contributed by atoms with Gasteiger partial charge in [0.05, 0.1) is 12.4 Å². The van der Waals surface area contributed by atoms with E-state index in [1.165, 1.54) is 12.4 Å². The van der Waals surface area contributed by atoms with Gasteiger partial charge >= 0.3 is 0 Å². The summed E-state index contributed by atoms with van der Waals surface area (Å²) in [6, 6.07) is 5.89. The van der Waals surface area contributed by atoms with Crippen LogP contribution in [0.3, 0.4) is 0 Å². The van der Waals surface area contributed by atoms with Crippen LogP contribution in [0.15, 0.2) is 47.7 Å². The number of amides is 1. The summed E-state index contributed by atoms with van der Waals surface area (Å²) in [4.78, 5) is 19.9. The number of hydrogen-bond acceptors (Lipinski definition) is 4. The van der Waals surface area contributed by atoms with Crippen molar-refractivity contribution in [1.29, 1.82) is 0 Å². The fourth-order valence-electron chi connectivity index (χ4n) is 1.64. The number of hydrogen-bond donors (Lipinski definition) is 2. The predicted octanol–water partition coefficient (Wildman–Crippen LogP) is 3.21. The van der Waals surface area contributed by atoms with Crippen molar-refractivity contribution in [3.8, 4) is 0 Å². The Morgan fingerprint density at radius 3 is 2.81 bits per heavy atom. The Bertz CT molecular complexity index is 655. The van der Waals surface area contributed by atoms with E-state index in [-0.39, 0.29) is 11.6 Å². The second-order valence-electron chi connectivity index (χ2n) is 4.37. The van der Waals surface area contributed by atoms with E-state index in [2.05, 4.69) is 43.1 Å². The average Bonchev–Trinajstić information content (AvgIpc) is 2.49. The summed E-state index contributed by atoms with van der Waals surface area (Å²) >= 11 is 3.45. The molecule has 0 spiro atoms. The minimum atomic E-state index is -0.270. The molecule has 6 heteroatoms. The number of aromatic nitrogens is 2. The predicted molar refractivity (Wildman–Crippen MR) is 86.7 cm³/mol. The molecule has 21 heavy (non-hydrogen) atoms. The lowest BCUT2D eigenvalue weighted by molar-refractivity contribution is 0.0952. The third-order valence-corrected chi connectivity index (χ3v) is 3.61. The second-order valence-corrected chi connectivity index (χ2v) is 5.23. The van der Waals surface area contributed by atoms with Crippen molar-refractivity contribution < 1.29 is 4.79 Å². The third-order valence-electron chi connectivity index (χ3n) is 2.72. The molecule has 2 N–H and O–H groups in total. The monoisotopic (exact) mass is 346 g/mol. The summed E-state index contributed by atoms with van der Waals surface area (Å²) in [5.74, 6) is 0.311. The minimum Gasteiger partial charge on any atom is -0.347 e. The van der Waals surface area contributed by atoms with Crippen molar-refractivity contribution in [3.05, 3.63) is 59.0 Å². The largest absolute Gasteiger partial charge is 0.347 e. The van der Waals surface area contributed by atoms with E-state index in [1.807, 2.05) is 25.1 Å². The first-order valence-corrected chi connectivity index (χ1v) is 7.14. The zero-order valence-electron chi connectivity index (χ0n) is 11.6. The molecule has 0 unspecified atom stereocenters. The molecule has 1 amide bonds. The fourth-order valence-corrected chi connectivity index (χ4v) is 1.88. The number of nitrogens with one attached hydrogen (secondary N) is 2. The Balaban J connectivity index is 2.06. The molecule has 0 aliphatic carbocycles. The van der Waals surface area contributed by atoms with Crippen molar-refractivity contribution in [2.75, 3.05) is 11.9 Å². The molecule has 0 bridgehead atoms. The van der Waals surface area contributed by atoms with E-state index in [4.69, 9.17) is 0 Å². The summed E-state index contributed by atoms with van der Waals surface area (Å²) < 4.78 is 1.05. The highest BCUT2D eigenvalue weighted by atomic mass is 79.9. The van der Waals surface area contributed by atoms with E-state index in [0.29, 0.717) is 12.4 Å². The van der Waals surface area contributed by atoms with Gasteiger partial charge in [-0.2, -0.15) is 0 Å². The van der Waals surface area contributed by atoms with Crippen LogP contribution in [0.2, 0.25) is 0 Å². The van der Waals surface area contributed by atoms with E-state index in [9.17, 15) is 4.79 Å². The number of carbonyl (C=O) groups excluding carboxylic acids is 1. The van der Waals surface area contributed by atoms with Gasteiger partial charge in [-0.1, -0.05) is 22.0 Å². The van der Waals surface area contributed by atoms with E-state index in [0.717, 1.165) is 15.7 Å². The van der Waals surface area contributed by atoms with Crippen LogP contribution in [0.25, 0.3) is 0 Å². The number of carbonyl (C=O) groups is 1. The SMILES string of the molecule is C=CCNC(=O)c1cnc(Nc2ccc(Br)c(C)c2)cn1. The smallest absolute Gasteiger partial charge is 0.271 e. The minimum absolute atomic E-state index is 0.270. The van der Waals surface area contributed by atoms with Crippen LogP contribution in [-0.2, 0) is 0 Å². The molecule has 0 saturated carbocycles. The van der Waals surface area contributed by atoms with Crippen LogP contribution < -0.4 is 10.6 Å². The maximum Gasteiger partial charge on any atom is 0.271 e. The van der Waals surface area contributed by atoms with Crippen molar-refractivity contribution in [3.63, 3.8) is 0 Å². The quantitative estimate of drug-likeness (QED) is 0.815. The van der Waals surface area contributed by atoms with Crippen molar-refractivity contribution >= 4 is 33.3 Å². The molecule has 0 aliphatic heterocycles. The van der Waals surface area contributed by atoms with E-state index in [1.54, 1.807) is 6.08 Å². The molecule has 0 saturated heterocycles. The number of halogens is 1. The molecule has 1 heterocycles. The Morgan fingerprint density at radius 2 is 2.19 bits per heavy atom. The van der Waals surface area contributed by atoms with Gasteiger partial charge in [-0.25, -0.2) is 9.97 Å². The van der Waals surface area contributed by atoms with Crippen LogP contribution in [-0.4, -0.2) is 22.4 Å². The molecule has 0 atom stereocenters. The van der Waals surface area contributed by atoms with Gasteiger partial charge in [-0.3, -0.25) is 4.79 Å². The van der Waals surface area contributed by atoms with Gasteiger partial charge in [0.15, 0.2) is 0 Å². The lowest BCUT2D eigenvalue weighted by Gasteiger charge is -2.07. The first-order valence-electron chi connectivity index (χ1n) is 6.34. The highest BCUT2D eigenvalue weighted by molar-refractivity contribution is 9.10. The standard InChI is InChI=1S/C15H15BrN4O/c1-3-6-17-15(21)13-8-19-14(9-18-13)20-11-4-5-12(16)10(2)7-11/h3-5,7-9H,1,6H2,2H3,(H,17,21)(H,19,20). The lowest BCUT2D eigenvalue weighted by Crippen LogP contribution is -2.24. The van der Waals surface area contributed by atoms with E-state index >= 15 is 0 Å². The number of anilines is 2. The van der Waals surface area contributed by atoms with Gasteiger partial charge in [0.2, 0.25) is 0 Å². The number of benzene rings is 1. The summed E-state index contributed by atoms with van der Waals surface area (Å²) in [5, 5.41) is 5.79. The molecule has 5 nitrogen and oxygen atoms in total. The van der Waals surface area contributed by atoms with Crippen LogP contribution in [0.4, 0.5) is 11.5 Å². The Hall–Kier alpha value is -2.21. The highest BCUT2D eigenvalue weighted by Crippen LogP contribution is 2.21. The van der Waals surface area contributed by atoms with Crippen LogP contribution in [0.1, 0.15) is 16.1 Å². The maximum atomic E-state index is 11.7. The Labute approximate surface area is 131 Å². The normalized spacial score (nSPS) is 10.0.